The highest BCUT2D eigenvalue weighted by atomic mass is 16.3. The minimum absolute atomic E-state index is 0.166. The fraction of sp³-hybridized carbons (Fsp3) is 0.169. The van der Waals surface area contributed by atoms with Gasteiger partial charge >= 0.3 is 0 Å². The predicted molar refractivity (Wildman–Crippen MR) is 283 cm³/mol. The molecular weight excluding hydrogens is 827 g/mol. The predicted octanol–water partition coefficient (Wildman–Crippen LogP) is 18.2. The highest BCUT2D eigenvalue weighted by molar-refractivity contribution is 6.19. The lowest BCUT2D eigenvalue weighted by molar-refractivity contribution is 0.651. The molecule has 3 aliphatic rings. The summed E-state index contributed by atoms with van der Waals surface area (Å²) in [5, 5.41) is 4.76. The Morgan fingerprint density at radius 2 is 0.926 bits per heavy atom. The van der Waals surface area contributed by atoms with Gasteiger partial charge in [-0.25, -0.2) is 0 Å². The number of furan rings is 2. The number of fused-ring (bicyclic) bond motifs is 17. The zero-order chi connectivity index (χ0) is 46.2. The van der Waals surface area contributed by atoms with Crippen LogP contribution in [0.1, 0.15) is 86.1 Å². The van der Waals surface area contributed by atoms with Crippen molar-refractivity contribution in [1.29, 1.82) is 0 Å². The van der Waals surface area contributed by atoms with Crippen LogP contribution in [-0.4, -0.2) is 0 Å². The summed E-state index contributed by atoms with van der Waals surface area (Å²) in [5.74, 6) is 0. The lowest BCUT2D eigenvalue weighted by Crippen LogP contribution is -2.18. The Bertz CT molecular complexity index is 4020. The van der Waals surface area contributed by atoms with Crippen molar-refractivity contribution in [3.8, 4) is 44.5 Å². The van der Waals surface area contributed by atoms with E-state index >= 15 is 0 Å². The van der Waals surface area contributed by atoms with Crippen molar-refractivity contribution in [3.63, 3.8) is 0 Å². The van der Waals surface area contributed by atoms with Gasteiger partial charge in [-0.3, -0.25) is 0 Å². The monoisotopic (exact) mass is 877 g/mol. The summed E-state index contributed by atoms with van der Waals surface area (Å²) in [6, 6.07) is 61.1. The van der Waals surface area contributed by atoms with Crippen LogP contribution in [0.3, 0.4) is 0 Å². The third-order valence-electron chi connectivity index (χ3n) is 16.5. The van der Waals surface area contributed by atoms with E-state index in [1.54, 1.807) is 0 Å². The Morgan fingerprint density at radius 1 is 0.382 bits per heavy atom. The summed E-state index contributed by atoms with van der Waals surface area (Å²) in [5.41, 5.74) is 27.3. The molecule has 0 saturated heterocycles. The molecule has 11 aromatic rings. The van der Waals surface area contributed by atoms with Crippen LogP contribution in [0.4, 0.5) is 17.1 Å². The molecule has 3 aliphatic carbocycles. The van der Waals surface area contributed by atoms with Gasteiger partial charge in [-0.1, -0.05) is 144 Å². The molecule has 0 spiro atoms. The minimum Gasteiger partial charge on any atom is -0.456 e. The molecule has 68 heavy (non-hydrogen) atoms. The molecule has 3 nitrogen and oxygen atoms in total. The van der Waals surface area contributed by atoms with E-state index in [0.717, 1.165) is 44.7 Å². The van der Waals surface area contributed by atoms with Crippen LogP contribution >= 0.6 is 0 Å². The maximum Gasteiger partial charge on any atom is 0.143 e. The molecule has 0 fully saturated rings. The molecule has 0 atom stereocenters. The van der Waals surface area contributed by atoms with Gasteiger partial charge in [0.05, 0.1) is 0 Å². The molecule has 2 aromatic heterocycles. The molecule has 14 rings (SSSR count). The van der Waals surface area contributed by atoms with Crippen molar-refractivity contribution in [3.05, 3.63) is 208 Å². The van der Waals surface area contributed by atoms with Crippen LogP contribution in [0.15, 0.2) is 173 Å². The molecule has 2 heterocycles. The first kappa shape index (κ1) is 39.5. The average molecular weight is 878 g/mol. The zero-order valence-electron chi connectivity index (χ0n) is 39.9. The van der Waals surface area contributed by atoms with Crippen LogP contribution in [0, 0.1) is 13.8 Å². The van der Waals surface area contributed by atoms with Crippen LogP contribution in [0.25, 0.3) is 88.4 Å². The Balaban J connectivity index is 0.933. The van der Waals surface area contributed by atoms with Gasteiger partial charge in [0.1, 0.15) is 22.3 Å². The summed E-state index contributed by atoms with van der Waals surface area (Å²) < 4.78 is 13.3. The van der Waals surface area contributed by atoms with Crippen molar-refractivity contribution in [2.24, 2.45) is 0 Å². The van der Waals surface area contributed by atoms with E-state index in [1.165, 1.54) is 105 Å². The molecule has 0 bridgehead atoms. The van der Waals surface area contributed by atoms with E-state index in [1.807, 2.05) is 0 Å². The van der Waals surface area contributed by atoms with Crippen LogP contribution < -0.4 is 4.90 Å². The number of nitrogens with zero attached hydrogens (tertiary/aromatic N) is 1. The molecule has 0 aliphatic heterocycles. The number of rotatable bonds is 4. The highest BCUT2D eigenvalue weighted by Crippen LogP contribution is 2.60. The number of aryl methyl sites for hydroxylation is 2. The van der Waals surface area contributed by atoms with E-state index in [-0.39, 0.29) is 16.2 Å². The number of hydrogen-bond acceptors (Lipinski definition) is 3. The molecule has 0 N–H and O–H groups in total. The summed E-state index contributed by atoms with van der Waals surface area (Å²) in [4.78, 5) is 2.49. The van der Waals surface area contributed by atoms with E-state index < -0.39 is 0 Å². The van der Waals surface area contributed by atoms with Crippen LogP contribution in [0.5, 0.6) is 0 Å². The molecule has 0 unspecified atom stereocenters. The third-order valence-corrected chi connectivity index (χ3v) is 16.5. The standard InChI is InChI=1S/C65H51NO2/c1-36-21-23-38(24-22-36)45-33-53-58(61-44-17-11-14-20-56(44)68-62(45)61)42-28-26-40(32-50(42)65(53,7)8)66(54-18-12-9-15-37(54)2)39-25-27-41-46-34-52-47(35-51(46)64(5,6)49(41)31-39)59-48(63(52,3)4)29-30-57-60(59)43-16-10-13-19-55(43)67-57/h9-35H,1-8H3. The van der Waals surface area contributed by atoms with Gasteiger partial charge in [0.2, 0.25) is 0 Å². The zero-order valence-corrected chi connectivity index (χ0v) is 39.9. The highest BCUT2D eigenvalue weighted by Gasteiger charge is 2.44. The lowest BCUT2D eigenvalue weighted by atomic mass is 9.79. The molecule has 9 aromatic carbocycles. The van der Waals surface area contributed by atoms with Gasteiger partial charge in [0.25, 0.3) is 0 Å². The maximum absolute atomic E-state index is 6.81. The number of benzene rings is 9. The van der Waals surface area contributed by atoms with Crippen molar-refractivity contribution in [2.75, 3.05) is 4.90 Å². The fourth-order valence-corrected chi connectivity index (χ4v) is 12.8. The largest absolute Gasteiger partial charge is 0.456 e. The first-order chi connectivity index (χ1) is 32.8. The quantitative estimate of drug-likeness (QED) is 0.176. The van der Waals surface area contributed by atoms with Gasteiger partial charge < -0.3 is 13.7 Å². The van der Waals surface area contributed by atoms with E-state index in [2.05, 4.69) is 224 Å². The van der Waals surface area contributed by atoms with Gasteiger partial charge in [-0.15, -0.1) is 0 Å². The Kier molecular flexibility index (Phi) is 7.73. The second-order valence-electron chi connectivity index (χ2n) is 21.4. The number of anilines is 3. The third kappa shape index (κ3) is 5.09. The van der Waals surface area contributed by atoms with E-state index in [0.29, 0.717) is 0 Å². The smallest absolute Gasteiger partial charge is 0.143 e. The molecule has 0 radical (unpaired) electrons. The molecule has 328 valence electrons. The van der Waals surface area contributed by atoms with Crippen molar-refractivity contribution >= 4 is 60.9 Å². The summed E-state index contributed by atoms with van der Waals surface area (Å²) in [6.45, 7) is 18.8. The van der Waals surface area contributed by atoms with Gasteiger partial charge in [0, 0.05) is 60.4 Å². The van der Waals surface area contributed by atoms with E-state index in [9.17, 15) is 0 Å². The molecule has 0 saturated carbocycles. The number of para-hydroxylation sites is 3. The van der Waals surface area contributed by atoms with Crippen molar-refractivity contribution in [2.45, 2.75) is 71.6 Å². The topological polar surface area (TPSA) is 29.5 Å². The van der Waals surface area contributed by atoms with Gasteiger partial charge in [-0.05, 0) is 158 Å². The first-order valence-electron chi connectivity index (χ1n) is 24.2. The summed E-state index contributed by atoms with van der Waals surface area (Å²) in [6.07, 6.45) is 0. The fourth-order valence-electron chi connectivity index (χ4n) is 12.8. The summed E-state index contributed by atoms with van der Waals surface area (Å²) in [7, 11) is 0. The van der Waals surface area contributed by atoms with Crippen LogP contribution in [0.2, 0.25) is 0 Å². The van der Waals surface area contributed by atoms with Crippen LogP contribution in [-0.2, 0) is 16.2 Å². The minimum atomic E-state index is -0.285. The molecule has 3 heteroatoms. The number of hydrogen-bond donors (Lipinski definition) is 0. The Hall–Kier alpha value is -7.62. The summed E-state index contributed by atoms with van der Waals surface area (Å²) >= 11 is 0. The Morgan fingerprint density at radius 3 is 1.66 bits per heavy atom. The normalized spacial score (nSPS) is 15.4. The Labute approximate surface area is 397 Å². The van der Waals surface area contributed by atoms with Gasteiger partial charge in [0.15, 0.2) is 0 Å². The van der Waals surface area contributed by atoms with Crippen molar-refractivity contribution < 1.29 is 8.83 Å². The maximum atomic E-state index is 6.81. The molecule has 0 amide bonds. The SMILES string of the molecule is Cc1ccc(-c2cc3c(c4c2oc2ccccc24)-c2ccc(N(c4ccc5c(c4)C(C)(C)c4cc6c(cc4-5)C(C)(C)c4ccc5oc7ccccc7c5c4-6)c4ccccc4C)cc2C3(C)C)cc1. The second kappa shape index (κ2) is 13.3. The lowest BCUT2D eigenvalue weighted by Gasteiger charge is -2.30. The average Bonchev–Trinajstić information content (AvgIpc) is 4.08. The van der Waals surface area contributed by atoms with Gasteiger partial charge in [-0.2, -0.15) is 0 Å². The molecular formula is C65H51NO2. The van der Waals surface area contributed by atoms with E-state index in [4.69, 9.17) is 8.83 Å². The second-order valence-corrected chi connectivity index (χ2v) is 21.4. The first-order valence-corrected chi connectivity index (χ1v) is 24.2. The van der Waals surface area contributed by atoms with Crippen molar-refractivity contribution in [1.82, 2.24) is 0 Å².